The number of rotatable bonds is 3. The van der Waals surface area contributed by atoms with E-state index < -0.39 is 15.6 Å². The standard InChI is InChI=1S/C22H16N2.CHF3O3S/c1-3-9-17(10-4-1)19-15-21(18-11-5-2-6-12-18)24-22(16-19)20-13-7-8-14-23-20;2-1(3,4)8(5,6)7/h1-16H;(H,5,6,7). The van der Waals surface area contributed by atoms with Crippen LogP contribution in [0.5, 0.6) is 0 Å². The zero-order chi connectivity index (χ0) is 23.2. The molecule has 0 saturated carbocycles. The summed E-state index contributed by atoms with van der Waals surface area (Å²) in [5.41, 5.74) is 0.749. The fraction of sp³-hybridized carbons (Fsp3) is 0.0435. The number of aromatic nitrogens is 2. The highest BCUT2D eigenvalue weighted by Crippen LogP contribution is 2.28. The Morgan fingerprint density at radius 2 is 1.22 bits per heavy atom. The molecule has 4 rings (SSSR count). The Hall–Kier alpha value is -3.56. The second kappa shape index (κ2) is 9.71. The Morgan fingerprint density at radius 1 is 0.719 bits per heavy atom. The smallest absolute Gasteiger partial charge is 0.485 e. The number of alkyl halides is 3. The van der Waals surface area contributed by atoms with Gasteiger partial charge in [0, 0.05) is 17.7 Å². The van der Waals surface area contributed by atoms with E-state index in [1.54, 1.807) is 0 Å². The third-order valence-electron chi connectivity index (χ3n) is 4.27. The number of hydrogen-bond acceptors (Lipinski definition) is 4. The summed E-state index contributed by atoms with van der Waals surface area (Å²) in [6.07, 6.45) is 1.92. The van der Waals surface area contributed by atoms with E-state index in [1.807, 2.05) is 48.7 Å². The van der Waals surface area contributed by atoms with Crippen LogP contribution >= 0.6 is 0 Å². The Bertz CT molecular complexity index is 1130. The molecule has 0 fully saturated rings. The van der Waals surface area contributed by atoms with Crippen LogP contribution in [0, 0.1) is 0 Å². The minimum absolute atomic E-state index is 0.941. The summed E-state index contributed by atoms with van der Waals surface area (Å²) in [4.78, 5) is 8.15. The number of halogens is 3. The lowest BCUT2D eigenvalue weighted by molar-refractivity contribution is -0.364. The quantitative estimate of drug-likeness (QED) is 0.321. The first-order valence-electron chi connectivity index (χ1n) is 9.27. The first-order valence-corrected chi connectivity index (χ1v) is 10.7. The van der Waals surface area contributed by atoms with Crippen molar-refractivity contribution in [3.63, 3.8) is 0 Å². The SMILES string of the molecule is O=S(=O)([O-])C(F)(F)F.c1ccc(-c2cc(-c3ccccc3)nc(-c3cccc[nH+]3)c2)cc1. The van der Waals surface area contributed by atoms with E-state index >= 15 is 0 Å². The molecule has 2 aromatic carbocycles. The third-order valence-corrected chi connectivity index (χ3v) is 4.84. The lowest BCUT2D eigenvalue weighted by Gasteiger charge is -2.08. The van der Waals surface area contributed by atoms with Gasteiger partial charge in [0.25, 0.3) is 0 Å². The fourth-order valence-electron chi connectivity index (χ4n) is 2.78. The molecule has 0 bridgehead atoms. The van der Waals surface area contributed by atoms with Gasteiger partial charge in [-0.2, -0.15) is 13.2 Å². The average Bonchev–Trinajstić information content (AvgIpc) is 2.80. The van der Waals surface area contributed by atoms with Crippen LogP contribution in [0.15, 0.2) is 97.2 Å². The first kappa shape index (κ1) is 23.1. The van der Waals surface area contributed by atoms with Crippen LogP contribution < -0.4 is 4.98 Å². The summed E-state index contributed by atoms with van der Waals surface area (Å²) in [6, 6.07) is 31.0. The van der Waals surface area contributed by atoms with Crippen molar-refractivity contribution in [2.24, 2.45) is 0 Å². The van der Waals surface area contributed by atoms with Crippen LogP contribution in [-0.4, -0.2) is 23.5 Å². The largest absolute Gasteiger partial charge is 0.741 e. The summed E-state index contributed by atoms with van der Waals surface area (Å²) >= 11 is 0. The minimum atomic E-state index is -6.09. The lowest BCUT2D eigenvalue weighted by Crippen LogP contribution is -2.21. The molecule has 0 atom stereocenters. The molecule has 9 heteroatoms. The lowest BCUT2D eigenvalue weighted by atomic mass is 10.0. The monoisotopic (exact) mass is 458 g/mol. The number of nitrogens with zero attached hydrogens (tertiary/aromatic N) is 1. The first-order chi connectivity index (χ1) is 15.1. The number of H-pyrrole nitrogens is 1. The second-order valence-corrected chi connectivity index (χ2v) is 7.91. The van der Waals surface area contributed by atoms with Gasteiger partial charge < -0.3 is 4.55 Å². The Morgan fingerprint density at radius 3 is 1.72 bits per heavy atom. The number of aromatic amines is 1. The van der Waals surface area contributed by atoms with Crippen molar-refractivity contribution >= 4 is 10.1 Å². The van der Waals surface area contributed by atoms with Crippen molar-refractivity contribution in [1.29, 1.82) is 0 Å². The second-order valence-electron chi connectivity index (χ2n) is 6.53. The van der Waals surface area contributed by atoms with E-state index in [0.717, 1.165) is 28.2 Å². The van der Waals surface area contributed by atoms with Gasteiger partial charge in [0.05, 0.1) is 5.69 Å². The highest BCUT2D eigenvalue weighted by Gasteiger charge is 2.36. The predicted octanol–water partition coefficient (Wildman–Crippen LogP) is 4.95. The maximum Gasteiger partial charge on any atom is 0.485 e. The van der Waals surface area contributed by atoms with E-state index in [9.17, 15) is 13.2 Å². The van der Waals surface area contributed by atoms with Gasteiger partial charge in [0.1, 0.15) is 5.69 Å². The van der Waals surface area contributed by atoms with Gasteiger partial charge in [-0.1, -0.05) is 60.7 Å². The molecule has 32 heavy (non-hydrogen) atoms. The van der Waals surface area contributed by atoms with Crippen molar-refractivity contribution in [3.8, 4) is 33.8 Å². The molecule has 164 valence electrons. The molecule has 0 aliphatic carbocycles. The summed E-state index contributed by atoms with van der Waals surface area (Å²) in [7, 11) is -6.09. The van der Waals surface area contributed by atoms with Crippen LogP contribution in [0.4, 0.5) is 13.2 Å². The van der Waals surface area contributed by atoms with E-state index in [1.165, 1.54) is 5.56 Å². The molecule has 0 unspecified atom stereocenters. The number of nitrogens with one attached hydrogen (secondary N) is 1. The maximum absolute atomic E-state index is 10.7. The van der Waals surface area contributed by atoms with E-state index in [4.69, 9.17) is 18.0 Å². The van der Waals surface area contributed by atoms with Gasteiger partial charge in [0.15, 0.2) is 16.3 Å². The van der Waals surface area contributed by atoms with E-state index in [-0.39, 0.29) is 0 Å². The predicted molar refractivity (Wildman–Crippen MR) is 113 cm³/mol. The molecular formula is C23H17F3N2O3S. The summed E-state index contributed by atoms with van der Waals surface area (Å²) in [6.45, 7) is 0. The molecule has 2 heterocycles. The van der Waals surface area contributed by atoms with Crippen LogP contribution in [-0.2, 0) is 10.1 Å². The van der Waals surface area contributed by atoms with E-state index in [0.29, 0.717) is 0 Å². The number of hydrogen-bond donors (Lipinski definition) is 0. The van der Waals surface area contributed by atoms with E-state index in [2.05, 4.69) is 53.5 Å². The molecule has 1 N–H and O–H groups in total. The van der Waals surface area contributed by atoms with Crippen LogP contribution in [0.2, 0.25) is 0 Å². The van der Waals surface area contributed by atoms with Crippen LogP contribution in [0.25, 0.3) is 33.8 Å². The molecule has 0 aliphatic heterocycles. The van der Waals surface area contributed by atoms with Gasteiger partial charge in [-0.25, -0.2) is 18.4 Å². The topological polar surface area (TPSA) is 84.2 Å². The van der Waals surface area contributed by atoms with Crippen LogP contribution in [0.1, 0.15) is 0 Å². The van der Waals surface area contributed by atoms with Crippen molar-refractivity contribution < 1.29 is 31.1 Å². The number of benzene rings is 2. The number of pyridine rings is 2. The highest BCUT2D eigenvalue weighted by atomic mass is 32.2. The summed E-state index contributed by atoms with van der Waals surface area (Å²) in [5, 5.41) is 0. The van der Waals surface area contributed by atoms with Gasteiger partial charge in [0.2, 0.25) is 5.69 Å². The third kappa shape index (κ3) is 5.99. The minimum Gasteiger partial charge on any atom is -0.741 e. The van der Waals surface area contributed by atoms with Crippen molar-refractivity contribution in [1.82, 2.24) is 4.98 Å². The van der Waals surface area contributed by atoms with Crippen molar-refractivity contribution in [2.45, 2.75) is 5.51 Å². The average molecular weight is 458 g/mol. The molecule has 5 nitrogen and oxygen atoms in total. The summed E-state index contributed by atoms with van der Waals surface area (Å²) < 4.78 is 58.9. The molecule has 0 saturated heterocycles. The molecular weight excluding hydrogens is 441 g/mol. The van der Waals surface area contributed by atoms with Gasteiger partial charge in [-0.15, -0.1) is 0 Å². The molecule has 2 aromatic heterocycles. The zero-order valence-corrected chi connectivity index (χ0v) is 17.3. The Balaban J connectivity index is 0.000000312. The fourth-order valence-corrected chi connectivity index (χ4v) is 2.78. The molecule has 0 amide bonds. The van der Waals surface area contributed by atoms with Gasteiger partial charge in [-0.05, 0) is 29.3 Å². The van der Waals surface area contributed by atoms with Crippen molar-refractivity contribution in [3.05, 3.63) is 97.2 Å². The zero-order valence-electron chi connectivity index (χ0n) is 16.5. The molecule has 0 aliphatic rings. The van der Waals surface area contributed by atoms with Crippen molar-refractivity contribution in [2.75, 3.05) is 0 Å². The normalized spacial score (nSPS) is 11.4. The summed E-state index contributed by atoms with van der Waals surface area (Å²) in [5.74, 6) is 0. The maximum atomic E-state index is 10.7. The molecule has 0 spiro atoms. The van der Waals surface area contributed by atoms with Crippen LogP contribution in [0.3, 0.4) is 0 Å². The molecule has 4 aromatic rings. The Kier molecular flexibility index (Phi) is 7.01. The Labute approximate surface area is 183 Å². The van der Waals surface area contributed by atoms with Gasteiger partial charge in [-0.3, -0.25) is 0 Å². The molecule has 0 radical (unpaired) electrons. The van der Waals surface area contributed by atoms with Gasteiger partial charge >= 0.3 is 5.51 Å². The highest BCUT2D eigenvalue weighted by molar-refractivity contribution is 7.86.